The first-order valence-electron chi connectivity index (χ1n) is 5.88. The number of likely N-dealkylation sites (tertiary alicyclic amines) is 1. The van der Waals surface area contributed by atoms with Gasteiger partial charge in [0.25, 0.3) is 0 Å². The van der Waals surface area contributed by atoms with Gasteiger partial charge >= 0.3 is 0 Å². The molecule has 1 saturated heterocycles. The monoisotopic (exact) mass is 182 g/mol. The summed E-state index contributed by atoms with van der Waals surface area (Å²) in [5, 5.41) is 3.55. The molecule has 0 amide bonds. The Kier molecular flexibility index (Phi) is 3.62. The van der Waals surface area contributed by atoms with Crippen LogP contribution in [0.1, 0.15) is 38.5 Å². The minimum absolute atomic E-state index is 1.08. The predicted molar refractivity (Wildman–Crippen MR) is 55.6 cm³/mol. The fourth-order valence-electron chi connectivity index (χ4n) is 2.07. The molecule has 2 nitrogen and oxygen atoms in total. The van der Waals surface area contributed by atoms with Crippen LogP contribution in [0.25, 0.3) is 0 Å². The van der Waals surface area contributed by atoms with Gasteiger partial charge in [0.05, 0.1) is 0 Å². The molecule has 13 heavy (non-hydrogen) atoms. The van der Waals surface area contributed by atoms with Crippen LogP contribution in [-0.2, 0) is 0 Å². The first kappa shape index (κ1) is 9.47. The van der Waals surface area contributed by atoms with Crippen molar-refractivity contribution in [2.24, 2.45) is 5.92 Å². The largest absolute Gasteiger partial charge is 0.304 e. The van der Waals surface area contributed by atoms with Crippen molar-refractivity contribution in [1.29, 1.82) is 0 Å². The van der Waals surface area contributed by atoms with Crippen molar-refractivity contribution in [1.82, 2.24) is 10.2 Å². The van der Waals surface area contributed by atoms with E-state index in [0.717, 1.165) is 12.6 Å². The highest BCUT2D eigenvalue weighted by Gasteiger charge is 2.20. The van der Waals surface area contributed by atoms with Crippen molar-refractivity contribution < 1.29 is 0 Å². The summed E-state index contributed by atoms with van der Waals surface area (Å²) >= 11 is 0. The van der Waals surface area contributed by atoms with Crippen LogP contribution in [0.3, 0.4) is 0 Å². The molecule has 76 valence electrons. The highest BCUT2D eigenvalue weighted by Crippen LogP contribution is 2.31. The predicted octanol–water partition coefficient (Wildman–Crippen LogP) is 1.82. The van der Waals surface area contributed by atoms with Crippen molar-refractivity contribution in [3.05, 3.63) is 0 Å². The first-order valence-corrected chi connectivity index (χ1v) is 5.88. The normalized spacial score (nSPS) is 24.9. The summed E-state index contributed by atoms with van der Waals surface area (Å²) in [4.78, 5) is 2.55. The molecule has 1 heterocycles. The third kappa shape index (κ3) is 3.65. The average molecular weight is 182 g/mol. The molecule has 1 N–H and O–H groups in total. The topological polar surface area (TPSA) is 15.3 Å². The first-order chi connectivity index (χ1) is 6.45. The highest BCUT2D eigenvalue weighted by atomic mass is 15.2. The van der Waals surface area contributed by atoms with Crippen molar-refractivity contribution in [2.45, 2.75) is 38.5 Å². The average Bonchev–Trinajstić information content (AvgIpc) is 2.98. The third-order valence-electron chi connectivity index (χ3n) is 3.21. The molecule has 2 fully saturated rings. The number of hydrogen-bond donors (Lipinski definition) is 1. The van der Waals surface area contributed by atoms with Gasteiger partial charge in [-0.15, -0.1) is 0 Å². The zero-order valence-electron chi connectivity index (χ0n) is 8.60. The van der Waals surface area contributed by atoms with E-state index in [1.165, 1.54) is 58.2 Å². The molecule has 0 atom stereocenters. The Labute approximate surface area is 81.7 Å². The van der Waals surface area contributed by atoms with Gasteiger partial charge in [-0.1, -0.05) is 19.3 Å². The molecular formula is C11H22N2. The molecule has 0 spiro atoms. The molecule has 0 aromatic carbocycles. The summed E-state index contributed by atoms with van der Waals surface area (Å²) in [7, 11) is 0. The molecule has 2 heteroatoms. The molecule has 0 bridgehead atoms. The Hall–Kier alpha value is -0.0800. The van der Waals surface area contributed by atoms with Crippen molar-refractivity contribution >= 4 is 0 Å². The van der Waals surface area contributed by atoms with Crippen LogP contribution in [-0.4, -0.2) is 31.2 Å². The number of hydrogen-bond acceptors (Lipinski definition) is 2. The van der Waals surface area contributed by atoms with Crippen LogP contribution in [0.15, 0.2) is 0 Å². The summed E-state index contributed by atoms with van der Waals surface area (Å²) in [5.74, 6) is 1.08. The molecule has 0 aromatic rings. The van der Waals surface area contributed by atoms with Gasteiger partial charge in [-0.3, -0.25) is 4.90 Å². The van der Waals surface area contributed by atoms with Gasteiger partial charge in [-0.25, -0.2) is 0 Å². The second-order valence-corrected chi connectivity index (χ2v) is 4.57. The maximum absolute atomic E-state index is 3.55. The molecular weight excluding hydrogens is 160 g/mol. The second kappa shape index (κ2) is 4.97. The van der Waals surface area contributed by atoms with Gasteiger partial charge in [0.15, 0.2) is 0 Å². The maximum atomic E-state index is 3.55. The molecule has 1 aliphatic heterocycles. The zero-order chi connectivity index (χ0) is 8.93. The maximum Gasteiger partial charge on any atom is 0.0480 e. The second-order valence-electron chi connectivity index (χ2n) is 4.57. The van der Waals surface area contributed by atoms with Gasteiger partial charge in [0.2, 0.25) is 0 Å². The van der Waals surface area contributed by atoms with Gasteiger partial charge in [0, 0.05) is 6.67 Å². The van der Waals surface area contributed by atoms with E-state index < -0.39 is 0 Å². The minimum Gasteiger partial charge on any atom is -0.304 e. The van der Waals surface area contributed by atoms with Gasteiger partial charge < -0.3 is 5.32 Å². The zero-order valence-corrected chi connectivity index (χ0v) is 8.60. The molecule has 0 aromatic heterocycles. The van der Waals surface area contributed by atoms with Crippen LogP contribution in [0.5, 0.6) is 0 Å². The smallest absolute Gasteiger partial charge is 0.0480 e. The summed E-state index contributed by atoms with van der Waals surface area (Å²) < 4.78 is 0. The van der Waals surface area contributed by atoms with Crippen LogP contribution < -0.4 is 5.32 Å². The van der Waals surface area contributed by atoms with E-state index in [1.807, 2.05) is 0 Å². The summed E-state index contributed by atoms with van der Waals surface area (Å²) in [6.07, 6.45) is 8.65. The lowest BCUT2D eigenvalue weighted by Gasteiger charge is -2.26. The quantitative estimate of drug-likeness (QED) is 0.652. The van der Waals surface area contributed by atoms with Crippen molar-refractivity contribution in [3.63, 3.8) is 0 Å². The van der Waals surface area contributed by atoms with Gasteiger partial charge in [0.1, 0.15) is 0 Å². The Morgan fingerprint density at radius 1 is 1.08 bits per heavy atom. The van der Waals surface area contributed by atoms with E-state index in [-0.39, 0.29) is 0 Å². The van der Waals surface area contributed by atoms with Crippen LogP contribution >= 0.6 is 0 Å². The Bertz CT molecular complexity index is 137. The van der Waals surface area contributed by atoms with Crippen molar-refractivity contribution in [2.75, 3.05) is 26.3 Å². The number of rotatable bonds is 5. The third-order valence-corrected chi connectivity index (χ3v) is 3.21. The molecule has 2 rings (SSSR count). The van der Waals surface area contributed by atoms with Gasteiger partial charge in [-0.2, -0.15) is 0 Å². The lowest BCUT2D eigenvalue weighted by atomic mass is 10.1. The highest BCUT2D eigenvalue weighted by molar-refractivity contribution is 4.73. The van der Waals surface area contributed by atoms with E-state index in [9.17, 15) is 0 Å². The van der Waals surface area contributed by atoms with Crippen molar-refractivity contribution in [3.8, 4) is 0 Å². The number of nitrogens with zero attached hydrogens (tertiary/aromatic N) is 1. The van der Waals surface area contributed by atoms with E-state index >= 15 is 0 Å². The fourth-order valence-corrected chi connectivity index (χ4v) is 2.07. The fraction of sp³-hybridized carbons (Fsp3) is 1.00. The summed E-state index contributed by atoms with van der Waals surface area (Å²) in [6, 6.07) is 0. The van der Waals surface area contributed by atoms with Crippen LogP contribution in [0.2, 0.25) is 0 Å². The standard InChI is InChI=1S/C11H22N2/c1-2-8-13(9-3-1)10-12-7-6-11-4-5-11/h11-12H,1-10H2. The van der Waals surface area contributed by atoms with Crippen LogP contribution in [0, 0.1) is 5.92 Å². The van der Waals surface area contributed by atoms with Gasteiger partial charge in [-0.05, 0) is 44.8 Å². The molecule has 1 saturated carbocycles. The molecule has 1 aliphatic carbocycles. The number of piperidine rings is 1. The number of nitrogens with one attached hydrogen (secondary N) is 1. The molecule has 0 unspecified atom stereocenters. The molecule has 2 aliphatic rings. The SMILES string of the molecule is C1CCN(CNCCC2CC2)CC1. The van der Waals surface area contributed by atoms with E-state index in [1.54, 1.807) is 0 Å². The lowest BCUT2D eigenvalue weighted by molar-refractivity contribution is 0.212. The Morgan fingerprint density at radius 2 is 1.85 bits per heavy atom. The minimum atomic E-state index is 1.08. The summed E-state index contributed by atoms with van der Waals surface area (Å²) in [5.41, 5.74) is 0. The lowest BCUT2D eigenvalue weighted by Crippen LogP contribution is -2.38. The van der Waals surface area contributed by atoms with Crippen LogP contribution in [0.4, 0.5) is 0 Å². The van der Waals surface area contributed by atoms with E-state index in [4.69, 9.17) is 0 Å². The Balaban J connectivity index is 1.46. The molecule has 0 radical (unpaired) electrons. The summed E-state index contributed by atoms with van der Waals surface area (Å²) in [6.45, 7) is 5.00. The Morgan fingerprint density at radius 3 is 2.54 bits per heavy atom. The van der Waals surface area contributed by atoms with E-state index in [2.05, 4.69) is 10.2 Å². The van der Waals surface area contributed by atoms with E-state index in [0.29, 0.717) is 0 Å².